The first-order valence-electron chi connectivity index (χ1n) is 12.1. The van der Waals surface area contributed by atoms with Crippen LogP contribution in [0.1, 0.15) is 28.2 Å². The van der Waals surface area contributed by atoms with E-state index in [0.717, 1.165) is 36.2 Å². The minimum Gasteiger partial charge on any atom is -0.493 e. The number of methoxy groups -OCH3 is 2. The fourth-order valence-corrected chi connectivity index (χ4v) is 4.54. The number of imidazole rings is 1. The first kappa shape index (κ1) is 23.4. The van der Waals surface area contributed by atoms with E-state index < -0.39 is 0 Å². The fraction of sp³-hybridized carbons (Fsp3) is 0.200. The molecule has 1 amide bonds. The van der Waals surface area contributed by atoms with Gasteiger partial charge in [-0.25, -0.2) is 4.98 Å². The van der Waals surface area contributed by atoms with Gasteiger partial charge in [-0.3, -0.25) is 4.79 Å². The van der Waals surface area contributed by atoms with Crippen molar-refractivity contribution in [3.05, 3.63) is 102 Å². The highest BCUT2D eigenvalue weighted by molar-refractivity contribution is 5.94. The van der Waals surface area contributed by atoms with Gasteiger partial charge in [0, 0.05) is 25.1 Å². The molecule has 5 aromatic rings. The number of hydrogen-bond donors (Lipinski definition) is 1. The summed E-state index contributed by atoms with van der Waals surface area (Å²) < 4.78 is 12.8. The van der Waals surface area contributed by atoms with E-state index >= 15 is 0 Å². The van der Waals surface area contributed by atoms with E-state index in [2.05, 4.69) is 64.5 Å². The number of nitrogens with one attached hydrogen (secondary N) is 1. The molecule has 36 heavy (non-hydrogen) atoms. The second kappa shape index (κ2) is 10.5. The number of carbonyl (C=O) groups excluding carboxylic acids is 1. The molecule has 6 nitrogen and oxygen atoms in total. The first-order valence-corrected chi connectivity index (χ1v) is 12.1. The van der Waals surface area contributed by atoms with E-state index in [0.29, 0.717) is 23.6 Å². The third-order valence-corrected chi connectivity index (χ3v) is 6.40. The summed E-state index contributed by atoms with van der Waals surface area (Å²) in [6, 6.07) is 28.4. The lowest BCUT2D eigenvalue weighted by Crippen LogP contribution is -2.25. The van der Waals surface area contributed by atoms with Crippen molar-refractivity contribution in [2.75, 3.05) is 20.8 Å². The molecule has 0 aliphatic carbocycles. The van der Waals surface area contributed by atoms with E-state index in [-0.39, 0.29) is 5.91 Å². The van der Waals surface area contributed by atoms with E-state index in [1.54, 1.807) is 32.4 Å². The largest absolute Gasteiger partial charge is 0.493 e. The lowest BCUT2D eigenvalue weighted by atomic mass is 10.1. The van der Waals surface area contributed by atoms with Gasteiger partial charge in [-0.2, -0.15) is 0 Å². The van der Waals surface area contributed by atoms with Crippen LogP contribution >= 0.6 is 0 Å². The molecule has 4 aromatic carbocycles. The van der Waals surface area contributed by atoms with Crippen LogP contribution in [0.15, 0.2) is 84.9 Å². The van der Waals surface area contributed by atoms with Gasteiger partial charge < -0.3 is 19.4 Å². The molecule has 0 unspecified atom stereocenters. The van der Waals surface area contributed by atoms with Gasteiger partial charge >= 0.3 is 0 Å². The molecule has 1 aromatic heterocycles. The zero-order chi connectivity index (χ0) is 24.9. The molecular formula is C30H29N3O3. The van der Waals surface area contributed by atoms with Crippen LogP contribution in [-0.4, -0.2) is 36.2 Å². The van der Waals surface area contributed by atoms with Crippen LogP contribution in [0, 0.1) is 0 Å². The monoisotopic (exact) mass is 479 g/mol. The number of para-hydroxylation sites is 2. The zero-order valence-corrected chi connectivity index (χ0v) is 20.5. The number of aryl methyl sites for hydroxylation is 1. The zero-order valence-electron chi connectivity index (χ0n) is 20.5. The molecule has 1 heterocycles. The summed E-state index contributed by atoms with van der Waals surface area (Å²) >= 11 is 0. The Labute approximate surface area is 210 Å². The Kier molecular flexibility index (Phi) is 6.85. The fourth-order valence-electron chi connectivity index (χ4n) is 4.54. The molecule has 0 radical (unpaired) electrons. The van der Waals surface area contributed by atoms with Crippen molar-refractivity contribution in [3.63, 3.8) is 0 Å². The molecule has 6 heteroatoms. The van der Waals surface area contributed by atoms with Crippen molar-refractivity contribution >= 4 is 27.7 Å². The van der Waals surface area contributed by atoms with Gasteiger partial charge in [0.25, 0.3) is 5.91 Å². The van der Waals surface area contributed by atoms with Gasteiger partial charge in [-0.1, -0.05) is 48.5 Å². The predicted octanol–water partition coefficient (Wildman–Crippen LogP) is 5.62. The molecule has 0 saturated carbocycles. The number of nitrogens with zero attached hydrogens (tertiary/aromatic N) is 2. The SMILES string of the molecule is COc1ccc(C(=O)NCCCc2nc3ccccc3n2Cc2ccc3ccccc3c2)cc1OC. The molecule has 0 saturated heterocycles. The lowest BCUT2D eigenvalue weighted by molar-refractivity contribution is 0.0952. The highest BCUT2D eigenvalue weighted by Gasteiger charge is 2.13. The lowest BCUT2D eigenvalue weighted by Gasteiger charge is -2.12. The smallest absolute Gasteiger partial charge is 0.251 e. The van der Waals surface area contributed by atoms with E-state index in [1.165, 1.54) is 16.3 Å². The molecule has 0 fully saturated rings. The molecule has 0 atom stereocenters. The van der Waals surface area contributed by atoms with Crippen molar-refractivity contribution in [1.29, 1.82) is 0 Å². The Bertz CT molecular complexity index is 1520. The number of amides is 1. The summed E-state index contributed by atoms with van der Waals surface area (Å²) in [5.74, 6) is 2.01. The topological polar surface area (TPSA) is 65.4 Å². The maximum Gasteiger partial charge on any atom is 0.251 e. The normalized spacial score (nSPS) is 11.1. The Hall–Kier alpha value is -4.32. The van der Waals surface area contributed by atoms with Gasteiger partial charge in [-0.05, 0) is 59.2 Å². The minimum atomic E-state index is -0.138. The van der Waals surface area contributed by atoms with E-state index in [1.807, 2.05) is 12.1 Å². The Morgan fingerprint density at radius 3 is 2.47 bits per heavy atom. The van der Waals surface area contributed by atoms with Crippen molar-refractivity contribution < 1.29 is 14.3 Å². The summed E-state index contributed by atoms with van der Waals surface area (Å²) in [6.45, 7) is 1.30. The molecule has 182 valence electrons. The van der Waals surface area contributed by atoms with Gasteiger partial charge in [0.05, 0.1) is 25.3 Å². The van der Waals surface area contributed by atoms with E-state index in [4.69, 9.17) is 14.5 Å². The number of aromatic nitrogens is 2. The van der Waals surface area contributed by atoms with Crippen molar-refractivity contribution in [2.45, 2.75) is 19.4 Å². The van der Waals surface area contributed by atoms with Gasteiger partial charge in [-0.15, -0.1) is 0 Å². The average Bonchev–Trinajstić information content (AvgIpc) is 3.27. The number of hydrogen-bond acceptors (Lipinski definition) is 4. The van der Waals surface area contributed by atoms with Crippen LogP contribution in [0.4, 0.5) is 0 Å². The second-order valence-electron chi connectivity index (χ2n) is 8.71. The molecule has 5 rings (SSSR count). The van der Waals surface area contributed by atoms with Gasteiger partial charge in [0.2, 0.25) is 0 Å². The number of ether oxygens (including phenoxy) is 2. The molecular weight excluding hydrogens is 450 g/mol. The maximum atomic E-state index is 12.7. The van der Waals surface area contributed by atoms with Crippen molar-refractivity contribution in [2.24, 2.45) is 0 Å². The van der Waals surface area contributed by atoms with Crippen molar-refractivity contribution in [1.82, 2.24) is 14.9 Å². The molecule has 1 N–H and O–H groups in total. The highest BCUT2D eigenvalue weighted by Crippen LogP contribution is 2.27. The minimum absolute atomic E-state index is 0.138. The van der Waals surface area contributed by atoms with Crippen LogP contribution in [-0.2, 0) is 13.0 Å². The Morgan fingerprint density at radius 1 is 0.861 bits per heavy atom. The predicted molar refractivity (Wildman–Crippen MR) is 143 cm³/mol. The number of fused-ring (bicyclic) bond motifs is 2. The molecule has 0 aliphatic heterocycles. The average molecular weight is 480 g/mol. The van der Waals surface area contributed by atoms with Crippen LogP contribution in [0.2, 0.25) is 0 Å². The summed E-state index contributed by atoms with van der Waals surface area (Å²) in [7, 11) is 3.13. The van der Waals surface area contributed by atoms with Crippen LogP contribution in [0.5, 0.6) is 11.5 Å². The number of carbonyl (C=O) groups is 1. The summed E-state index contributed by atoms with van der Waals surface area (Å²) in [6.07, 6.45) is 1.54. The summed E-state index contributed by atoms with van der Waals surface area (Å²) in [5, 5.41) is 5.48. The second-order valence-corrected chi connectivity index (χ2v) is 8.71. The van der Waals surface area contributed by atoms with Crippen molar-refractivity contribution in [3.8, 4) is 11.5 Å². The summed E-state index contributed by atoms with van der Waals surface area (Å²) in [5.41, 5.74) is 3.88. The third kappa shape index (κ3) is 4.89. The van der Waals surface area contributed by atoms with Crippen LogP contribution < -0.4 is 14.8 Å². The quantitative estimate of drug-likeness (QED) is 0.279. The number of rotatable bonds is 9. The summed E-state index contributed by atoms with van der Waals surface area (Å²) in [4.78, 5) is 17.6. The standard InChI is InChI=1S/C30H29N3O3/c1-35-27-16-15-24(19-28(27)36-2)30(34)31-17-7-12-29-32-25-10-5-6-11-26(25)33(29)20-21-13-14-22-8-3-4-9-23(22)18-21/h3-6,8-11,13-16,18-19H,7,12,17,20H2,1-2H3,(H,31,34). The molecule has 0 aliphatic rings. The number of benzene rings is 4. The molecule has 0 bridgehead atoms. The van der Waals surface area contributed by atoms with E-state index in [9.17, 15) is 4.79 Å². The van der Waals surface area contributed by atoms with Gasteiger partial charge in [0.15, 0.2) is 11.5 Å². The molecule has 0 spiro atoms. The Morgan fingerprint density at radius 2 is 1.64 bits per heavy atom. The first-order chi connectivity index (χ1) is 17.7. The Balaban J connectivity index is 1.28. The van der Waals surface area contributed by atoms with Crippen LogP contribution in [0.25, 0.3) is 21.8 Å². The highest BCUT2D eigenvalue weighted by atomic mass is 16.5. The van der Waals surface area contributed by atoms with Crippen LogP contribution in [0.3, 0.4) is 0 Å². The maximum absolute atomic E-state index is 12.7. The third-order valence-electron chi connectivity index (χ3n) is 6.40. The van der Waals surface area contributed by atoms with Gasteiger partial charge in [0.1, 0.15) is 5.82 Å².